The number of rotatable bonds is 4. The van der Waals surface area contributed by atoms with Crippen molar-refractivity contribution in [2.24, 2.45) is 0 Å². The van der Waals surface area contributed by atoms with Crippen LogP contribution in [-0.4, -0.2) is 25.5 Å². The van der Waals surface area contributed by atoms with Gasteiger partial charge in [-0.1, -0.05) is 6.07 Å². The van der Waals surface area contributed by atoms with Gasteiger partial charge in [-0.2, -0.15) is 10.2 Å². The Kier molecular flexibility index (Phi) is 4.16. The smallest absolute Gasteiger partial charge is 0.276 e. The van der Waals surface area contributed by atoms with Gasteiger partial charge in [0, 0.05) is 17.6 Å². The van der Waals surface area contributed by atoms with E-state index in [2.05, 4.69) is 15.5 Å². The Hall–Kier alpha value is -2.96. The van der Waals surface area contributed by atoms with Crippen molar-refractivity contribution in [2.75, 3.05) is 5.32 Å². The molecule has 6 nitrogen and oxygen atoms in total. The highest BCUT2D eigenvalue weighted by Gasteiger charge is 2.12. The summed E-state index contributed by atoms with van der Waals surface area (Å²) >= 11 is 0. The second kappa shape index (κ2) is 6.27. The third-order valence-electron chi connectivity index (χ3n) is 3.70. The number of aromatic nitrogens is 4. The molecule has 1 amide bonds. The summed E-state index contributed by atoms with van der Waals surface area (Å²) in [5, 5.41) is 11.3. The summed E-state index contributed by atoms with van der Waals surface area (Å²) in [4.78, 5) is 12.3. The molecule has 0 radical (unpaired) electrons. The molecule has 124 valence electrons. The SMILES string of the molecule is Cc1cc(C)n(Cn2ccc(C(=O)Nc3cc(F)ccc3C)n2)n1. The summed E-state index contributed by atoms with van der Waals surface area (Å²) in [6, 6.07) is 7.86. The van der Waals surface area contributed by atoms with Gasteiger partial charge in [-0.15, -0.1) is 0 Å². The van der Waals surface area contributed by atoms with Gasteiger partial charge in [0.1, 0.15) is 12.5 Å². The highest BCUT2D eigenvalue weighted by atomic mass is 19.1. The first-order valence-corrected chi connectivity index (χ1v) is 7.54. The number of amides is 1. The van der Waals surface area contributed by atoms with Gasteiger partial charge in [0.2, 0.25) is 0 Å². The standard InChI is InChI=1S/C17H18FN5O/c1-11-4-5-14(18)9-16(11)19-17(24)15-6-7-22(21-15)10-23-13(3)8-12(2)20-23/h4-9H,10H2,1-3H3,(H,19,24). The summed E-state index contributed by atoms with van der Waals surface area (Å²) in [6.07, 6.45) is 1.71. The number of hydrogen-bond donors (Lipinski definition) is 1. The maximum absolute atomic E-state index is 13.3. The first-order chi connectivity index (χ1) is 11.4. The van der Waals surface area contributed by atoms with Crippen LogP contribution in [0.25, 0.3) is 0 Å². The monoisotopic (exact) mass is 327 g/mol. The fourth-order valence-corrected chi connectivity index (χ4v) is 2.43. The fraction of sp³-hybridized carbons (Fsp3) is 0.235. The van der Waals surface area contributed by atoms with Gasteiger partial charge in [0.25, 0.3) is 5.91 Å². The minimum atomic E-state index is -0.397. The normalized spacial score (nSPS) is 10.8. The molecular weight excluding hydrogens is 309 g/mol. The zero-order chi connectivity index (χ0) is 17.3. The molecule has 0 saturated carbocycles. The van der Waals surface area contributed by atoms with Crippen LogP contribution in [0.3, 0.4) is 0 Å². The highest BCUT2D eigenvalue weighted by molar-refractivity contribution is 6.03. The first kappa shape index (κ1) is 15.9. The zero-order valence-corrected chi connectivity index (χ0v) is 13.7. The molecule has 0 aliphatic heterocycles. The molecule has 0 aliphatic carbocycles. The Morgan fingerprint density at radius 1 is 1.17 bits per heavy atom. The summed E-state index contributed by atoms with van der Waals surface area (Å²) < 4.78 is 16.7. The minimum Gasteiger partial charge on any atom is -0.320 e. The van der Waals surface area contributed by atoms with Crippen molar-refractivity contribution in [1.29, 1.82) is 0 Å². The number of hydrogen-bond acceptors (Lipinski definition) is 3. The van der Waals surface area contributed by atoms with Gasteiger partial charge < -0.3 is 5.32 Å². The van der Waals surface area contributed by atoms with Crippen molar-refractivity contribution >= 4 is 11.6 Å². The molecule has 0 spiro atoms. The quantitative estimate of drug-likeness (QED) is 0.801. The van der Waals surface area contributed by atoms with Crippen molar-refractivity contribution in [3.63, 3.8) is 0 Å². The van der Waals surface area contributed by atoms with Crippen LogP contribution in [0, 0.1) is 26.6 Å². The molecule has 1 N–H and O–H groups in total. The Labute approximate surface area is 138 Å². The lowest BCUT2D eigenvalue weighted by Gasteiger charge is -2.07. The predicted octanol–water partition coefficient (Wildman–Crippen LogP) is 2.90. The third kappa shape index (κ3) is 3.34. The van der Waals surface area contributed by atoms with Crippen LogP contribution in [-0.2, 0) is 6.67 Å². The zero-order valence-electron chi connectivity index (χ0n) is 13.7. The molecule has 0 bridgehead atoms. The molecule has 0 atom stereocenters. The van der Waals surface area contributed by atoms with Gasteiger partial charge in [-0.25, -0.2) is 9.07 Å². The predicted molar refractivity (Wildman–Crippen MR) is 88.4 cm³/mol. The van der Waals surface area contributed by atoms with E-state index in [1.165, 1.54) is 12.1 Å². The van der Waals surface area contributed by atoms with E-state index in [4.69, 9.17) is 0 Å². The van der Waals surface area contributed by atoms with Crippen molar-refractivity contribution in [3.8, 4) is 0 Å². The van der Waals surface area contributed by atoms with Crippen LogP contribution in [0.2, 0.25) is 0 Å². The topological polar surface area (TPSA) is 64.7 Å². The van der Waals surface area contributed by atoms with Crippen LogP contribution in [0.1, 0.15) is 27.4 Å². The molecule has 0 fully saturated rings. The maximum atomic E-state index is 13.3. The fourth-order valence-electron chi connectivity index (χ4n) is 2.43. The first-order valence-electron chi connectivity index (χ1n) is 7.54. The Bertz CT molecular complexity index is 896. The third-order valence-corrected chi connectivity index (χ3v) is 3.70. The number of anilines is 1. The van der Waals surface area contributed by atoms with Crippen LogP contribution in [0.4, 0.5) is 10.1 Å². The largest absolute Gasteiger partial charge is 0.320 e. The van der Waals surface area contributed by atoms with Gasteiger partial charge in [-0.3, -0.25) is 9.48 Å². The minimum absolute atomic E-state index is 0.264. The van der Waals surface area contributed by atoms with E-state index >= 15 is 0 Å². The molecular formula is C17H18FN5O. The molecule has 0 unspecified atom stereocenters. The molecule has 3 rings (SSSR count). The maximum Gasteiger partial charge on any atom is 0.276 e. The lowest BCUT2D eigenvalue weighted by molar-refractivity contribution is 0.102. The Morgan fingerprint density at radius 3 is 2.67 bits per heavy atom. The number of carbonyl (C=O) groups is 1. The number of nitrogens with zero attached hydrogens (tertiary/aromatic N) is 4. The average Bonchev–Trinajstić information content (AvgIpc) is 3.10. The molecule has 0 saturated heterocycles. The molecule has 24 heavy (non-hydrogen) atoms. The highest BCUT2D eigenvalue weighted by Crippen LogP contribution is 2.16. The Balaban J connectivity index is 1.74. The van der Waals surface area contributed by atoms with Crippen molar-refractivity contribution in [3.05, 3.63) is 65.0 Å². The lowest BCUT2D eigenvalue weighted by Crippen LogP contribution is -2.16. The second-order valence-electron chi connectivity index (χ2n) is 5.72. The number of halogens is 1. The number of aryl methyl sites for hydroxylation is 3. The molecule has 0 aliphatic rings. The van der Waals surface area contributed by atoms with Gasteiger partial charge in [0.15, 0.2) is 5.69 Å². The van der Waals surface area contributed by atoms with E-state index < -0.39 is 5.82 Å². The summed E-state index contributed by atoms with van der Waals surface area (Å²) in [6.45, 7) is 6.11. The summed E-state index contributed by atoms with van der Waals surface area (Å²) in [7, 11) is 0. The van der Waals surface area contributed by atoms with Crippen molar-refractivity contribution < 1.29 is 9.18 Å². The van der Waals surface area contributed by atoms with Gasteiger partial charge in [-0.05, 0) is 50.6 Å². The molecule has 1 aromatic carbocycles. The lowest BCUT2D eigenvalue weighted by atomic mass is 10.2. The van der Waals surface area contributed by atoms with Crippen LogP contribution in [0.5, 0.6) is 0 Å². The van der Waals surface area contributed by atoms with E-state index in [9.17, 15) is 9.18 Å². The van der Waals surface area contributed by atoms with Crippen molar-refractivity contribution in [2.45, 2.75) is 27.4 Å². The van der Waals surface area contributed by atoms with Crippen LogP contribution in [0.15, 0.2) is 36.5 Å². The molecule has 7 heteroatoms. The summed E-state index contributed by atoms with van der Waals surface area (Å²) in [5.41, 5.74) is 3.43. The van der Waals surface area contributed by atoms with Crippen LogP contribution >= 0.6 is 0 Å². The van der Waals surface area contributed by atoms with E-state index in [-0.39, 0.29) is 11.6 Å². The molecule has 2 heterocycles. The number of carbonyl (C=O) groups excluding carboxylic acids is 1. The van der Waals surface area contributed by atoms with Gasteiger partial charge >= 0.3 is 0 Å². The Morgan fingerprint density at radius 2 is 1.96 bits per heavy atom. The van der Waals surface area contributed by atoms with Crippen LogP contribution < -0.4 is 5.32 Å². The van der Waals surface area contributed by atoms with E-state index in [0.717, 1.165) is 17.0 Å². The van der Waals surface area contributed by atoms with E-state index in [1.807, 2.05) is 19.9 Å². The van der Waals surface area contributed by atoms with Gasteiger partial charge in [0.05, 0.1) is 5.69 Å². The molecule has 2 aromatic heterocycles. The van der Waals surface area contributed by atoms with Crippen molar-refractivity contribution in [1.82, 2.24) is 19.6 Å². The molecule has 3 aromatic rings. The van der Waals surface area contributed by atoms with E-state index in [0.29, 0.717) is 12.4 Å². The number of nitrogens with one attached hydrogen (secondary N) is 1. The second-order valence-corrected chi connectivity index (χ2v) is 5.72. The van der Waals surface area contributed by atoms with E-state index in [1.54, 1.807) is 34.6 Å². The average molecular weight is 327 g/mol. The summed E-state index contributed by atoms with van der Waals surface area (Å²) in [5.74, 6) is -0.776. The number of benzene rings is 1.